The lowest BCUT2D eigenvalue weighted by molar-refractivity contribution is 0.277. The molecule has 0 radical (unpaired) electrons. The molecule has 0 fully saturated rings. The number of H-pyrrole nitrogens is 1. The predicted molar refractivity (Wildman–Crippen MR) is 92.0 cm³/mol. The molecule has 1 heterocycles. The lowest BCUT2D eigenvalue weighted by Gasteiger charge is -2.11. The van der Waals surface area contributed by atoms with Gasteiger partial charge in [-0.15, -0.1) is 0 Å². The molecule has 24 heavy (non-hydrogen) atoms. The summed E-state index contributed by atoms with van der Waals surface area (Å²) < 4.78 is 11.3. The van der Waals surface area contributed by atoms with E-state index in [1.54, 1.807) is 13.1 Å². The maximum Gasteiger partial charge on any atom is 0.363 e. The van der Waals surface area contributed by atoms with Crippen LogP contribution in [0, 0.1) is 6.92 Å². The monoisotopic (exact) mass is 331 g/mol. The van der Waals surface area contributed by atoms with E-state index in [4.69, 9.17) is 9.47 Å². The van der Waals surface area contributed by atoms with Crippen LogP contribution in [0.3, 0.4) is 0 Å². The highest BCUT2D eigenvalue weighted by atomic mass is 16.5. The Morgan fingerprint density at radius 2 is 2.12 bits per heavy atom. The second-order valence-corrected chi connectivity index (χ2v) is 4.93. The van der Waals surface area contributed by atoms with Gasteiger partial charge in [0, 0.05) is 0 Å². The third kappa shape index (κ3) is 4.80. The Balaban J connectivity index is 2.12. The van der Waals surface area contributed by atoms with Gasteiger partial charge in [-0.25, -0.2) is 9.89 Å². The van der Waals surface area contributed by atoms with Gasteiger partial charge in [-0.3, -0.25) is 5.43 Å². The molecule has 2 N–H and O–H groups in total. The molecule has 128 valence electrons. The zero-order valence-electron chi connectivity index (χ0n) is 14.0. The smallest absolute Gasteiger partial charge is 0.363 e. The number of nitrogens with zero attached hydrogens (tertiary/aromatic N) is 3. The van der Waals surface area contributed by atoms with Gasteiger partial charge < -0.3 is 9.47 Å². The lowest BCUT2D eigenvalue weighted by Crippen LogP contribution is -2.15. The van der Waals surface area contributed by atoms with Crippen molar-refractivity contribution < 1.29 is 9.47 Å². The first-order valence-corrected chi connectivity index (χ1v) is 7.76. The first kappa shape index (κ1) is 17.5. The van der Waals surface area contributed by atoms with E-state index >= 15 is 0 Å². The number of aromatic nitrogens is 3. The van der Waals surface area contributed by atoms with E-state index in [1.807, 2.05) is 32.0 Å². The quantitative estimate of drug-likeness (QED) is 0.567. The van der Waals surface area contributed by atoms with Crippen molar-refractivity contribution in [1.82, 2.24) is 15.2 Å². The Hall–Kier alpha value is -2.90. The zero-order chi connectivity index (χ0) is 17.4. The van der Waals surface area contributed by atoms with Gasteiger partial charge in [-0.05, 0) is 44.0 Å². The molecule has 8 heteroatoms. The summed E-state index contributed by atoms with van der Waals surface area (Å²) in [6.07, 6.45) is 2.53. The Labute approximate surface area is 139 Å². The van der Waals surface area contributed by atoms with Crippen molar-refractivity contribution in [2.45, 2.75) is 27.2 Å². The minimum absolute atomic E-state index is 0.308. The molecule has 0 bridgehead atoms. The fraction of sp³-hybridized carbons (Fsp3) is 0.375. The van der Waals surface area contributed by atoms with Crippen LogP contribution in [0.5, 0.6) is 11.5 Å². The molecule has 1 aromatic carbocycles. The van der Waals surface area contributed by atoms with Crippen molar-refractivity contribution in [3.05, 3.63) is 39.9 Å². The average Bonchev–Trinajstić information content (AvgIpc) is 2.57. The number of hydrogen-bond donors (Lipinski definition) is 2. The SMILES string of the molecule is CCCOc1ccc(/C=N/Nc2nc(=O)[nH]nc2C)cc1OCC. The standard InChI is InChI=1S/C16H21N5O3/c1-4-8-24-13-7-6-12(9-14(13)23-5-2)10-17-20-15-11(3)19-21-16(22)18-15/h6-7,9-10H,4-5,8H2,1-3H3,(H2,18,20,21,22)/b17-10+. The Morgan fingerprint density at radius 1 is 1.29 bits per heavy atom. The minimum atomic E-state index is -0.533. The summed E-state index contributed by atoms with van der Waals surface area (Å²) in [4.78, 5) is 14.9. The number of hydrogen-bond acceptors (Lipinski definition) is 7. The molecule has 0 amide bonds. The van der Waals surface area contributed by atoms with Crippen molar-refractivity contribution in [3.63, 3.8) is 0 Å². The summed E-state index contributed by atoms with van der Waals surface area (Å²) in [6, 6.07) is 5.56. The molecule has 0 unspecified atom stereocenters. The van der Waals surface area contributed by atoms with E-state index in [2.05, 4.69) is 25.7 Å². The van der Waals surface area contributed by atoms with E-state index in [-0.39, 0.29) is 0 Å². The summed E-state index contributed by atoms with van der Waals surface area (Å²) in [5, 5.41) is 10.1. The van der Waals surface area contributed by atoms with Crippen LogP contribution < -0.4 is 20.6 Å². The van der Waals surface area contributed by atoms with Crippen molar-refractivity contribution >= 4 is 12.0 Å². The van der Waals surface area contributed by atoms with Crippen molar-refractivity contribution in [1.29, 1.82) is 0 Å². The van der Waals surface area contributed by atoms with Crippen LogP contribution in [0.1, 0.15) is 31.5 Å². The normalized spacial score (nSPS) is 10.8. The number of rotatable bonds is 8. The number of benzene rings is 1. The molecule has 2 rings (SSSR count). The molecule has 0 aliphatic carbocycles. The second-order valence-electron chi connectivity index (χ2n) is 4.93. The third-order valence-electron chi connectivity index (χ3n) is 2.99. The van der Waals surface area contributed by atoms with Gasteiger partial charge in [-0.1, -0.05) is 6.92 Å². The van der Waals surface area contributed by atoms with E-state index in [1.165, 1.54) is 0 Å². The molecule has 1 aromatic heterocycles. The van der Waals surface area contributed by atoms with Crippen LogP contribution in [-0.4, -0.2) is 34.6 Å². The highest BCUT2D eigenvalue weighted by Crippen LogP contribution is 2.28. The molecule has 0 spiro atoms. The van der Waals surface area contributed by atoms with Gasteiger partial charge in [0.05, 0.1) is 19.4 Å². The second kappa shape index (κ2) is 8.66. The van der Waals surface area contributed by atoms with Crippen molar-refractivity contribution in [2.75, 3.05) is 18.6 Å². The van der Waals surface area contributed by atoms with Crippen LogP contribution in [0.2, 0.25) is 0 Å². The van der Waals surface area contributed by atoms with Crippen LogP contribution in [0.25, 0.3) is 0 Å². The zero-order valence-corrected chi connectivity index (χ0v) is 14.0. The van der Waals surface area contributed by atoms with Gasteiger partial charge in [-0.2, -0.15) is 15.2 Å². The molecule has 0 atom stereocenters. The molecule has 8 nitrogen and oxygen atoms in total. The minimum Gasteiger partial charge on any atom is -0.490 e. The van der Waals surface area contributed by atoms with E-state index < -0.39 is 5.69 Å². The largest absolute Gasteiger partial charge is 0.490 e. The van der Waals surface area contributed by atoms with Crippen LogP contribution in [0.4, 0.5) is 5.82 Å². The molecular formula is C16H21N5O3. The number of aromatic amines is 1. The van der Waals surface area contributed by atoms with Crippen LogP contribution >= 0.6 is 0 Å². The van der Waals surface area contributed by atoms with Gasteiger partial charge in [0.2, 0.25) is 0 Å². The van der Waals surface area contributed by atoms with E-state index in [0.717, 1.165) is 12.0 Å². The predicted octanol–water partition coefficient (Wildman–Crippen LogP) is 2.11. The van der Waals surface area contributed by atoms with Gasteiger partial charge in [0.1, 0.15) is 5.69 Å². The van der Waals surface area contributed by atoms with Gasteiger partial charge >= 0.3 is 5.69 Å². The summed E-state index contributed by atoms with van der Waals surface area (Å²) in [7, 11) is 0. The summed E-state index contributed by atoms with van der Waals surface area (Å²) in [5.74, 6) is 1.69. The highest BCUT2D eigenvalue weighted by molar-refractivity contribution is 5.81. The number of aryl methyl sites for hydroxylation is 1. The number of nitrogens with one attached hydrogen (secondary N) is 2. The van der Waals surface area contributed by atoms with E-state index in [0.29, 0.717) is 36.2 Å². The summed E-state index contributed by atoms with van der Waals surface area (Å²) >= 11 is 0. The van der Waals surface area contributed by atoms with Crippen molar-refractivity contribution in [3.8, 4) is 11.5 Å². The maximum absolute atomic E-state index is 11.2. The van der Waals surface area contributed by atoms with Crippen molar-refractivity contribution in [2.24, 2.45) is 5.10 Å². The number of anilines is 1. The highest BCUT2D eigenvalue weighted by Gasteiger charge is 2.06. The molecule has 0 aliphatic heterocycles. The van der Waals surface area contributed by atoms with E-state index in [9.17, 15) is 4.79 Å². The molecular weight excluding hydrogens is 310 g/mol. The average molecular weight is 331 g/mol. The summed E-state index contributed by atoms with van der Waals surface area (Å²) in [5.41, 5.74) is 3.54. The van der Waals surface area contributed by atoms with Gasteiger partial charge in [0.15, 0.2) is 17.3 Å². The molecule has 0 aliphatic rings. The Kier molecular flexibility index (Phi) is 6.30. The Morgan fingerprint density at radius 3 is 2.88 bits per heavy atom. The van der Waals surface area contributed by atoms with Crippen LogP contribution in [-0.2, 0) is 0 Å². The molecule has 0 saturated carbocycles. The fourth-order valence-electron chi connectivity index (χ4n) is 1.87. The fourth-order valence-corrected chi connectivity index (χ4v) is 1.87. The lowest BCUT2D eigenvalue weighted by atomic mass is 10.2. The maximum atomic E-state index is 11.2. The topological polar surface area (TPSA) is 101 Å². The first-order valence-electron chi connectivity index (χ1n) is 7.76. The Bertz CT molecular complexity index is 758. The number of hydrazone groups is 1. The number of ether oxygens (including phenoxy) is 2. The molecule has 0 saturated heterocycles. The van der Waals surface area contributed by atoms with Crippen LogP contribution in [0.15, 0.2) is 28.1 Å². The summed E-state index contributed by atoms with van der Waals surface area (Å²) in [6.45, 7) is 6.86. The third-order valence-corrected chi connectivity index (χ3v) is 2.99. The molecule has 2 aromatic rings. The first-order chi connectivity index (χ1) is 11.6. The van der Waals surface area contributed by atoms with Gasteiger partial charge in [0.25, 0.3) is 0 Å².